The summed E-state index contributed by atoms with van der Waals surface area (Å²) >= 11 is 0. The second-order valence-electron chi connectivity index (χ2n) is 7.07. The van der Waals surface area contributed by atoms with Gasteiger partial charge in [0.05, 0.1) is 15.9 Å². The summed E-state index contributed by atoms with van der Waals surface area (Å²) in [6.45, 7) is 3.92. The van der Waals surface area contributed by atoms with Crippen LogP contribution >= 0.6 is 0 Å². The average molecular weight is 423 g/mol. The van der Waals surface area contributed by atoms with Gasteiger partial charge in [-0.25, -0.2) is 18.4 Å². The van der Waals surface area contributed by atoms with Crippen LogP contribution in [0.3, 0.4) is 0 Å². The first-order chi connectivity index (χ1) is 14.4. The SMILES string of the molecule is CCCCn1c(NC(C)=O)c(S(=O)(=O)c2ccccc2)c2nc3ccccc3nc21. The molecule has 4 rings (SSSR count). The fourth-order valence-electron chi connectivity index (χ4n) is 3.47. The predicted octanol–water partition coefficient (Wildman–Crippen LogP) is 4.18. The van der Waals surface area contributed by atoms with E-state index in [1.54, 1.807) is 28.8 Å². The Bertz CT molecular complexity index is 1350. The first-order valence-corrected chi connectivity index (χ1v) is 11.3. The summed E-state index contributed by atoms with van der Waals surface area (Å²) in [4.78, 5) is 21.5. The second kappa shape index (κ2) is 7.87. The normalized spacial score (nSPS) is 11.8. The van der Waals surface area contributed by atoms with Crippen LogP contribution < -0.4 is 5.32 Å². The van der Waals surface area contributed by atoms with E-state index in [4.69, 9.17) is 4.98 Å². The van der Waals surface area contributed by atoms with Crippen molar-refractivity contribution >= 4 is 43.8 Å². The highest BCUT2D eigenvalue weighted by atomic mass is 32.2. The number of para-hydroxylation sites is 2. The molecule has 0 saturated heterocycles. The Morgan fingerprint density at radius 2 is 1.63 bits per heavy atom. The minimum absolute atomic E-state index is 0.0201. The van der Waals surface area contributed by atoms with Crippen molar-refractivity contribution < 1.29 is 13.2 Å². The van der Waals surface area contributed by atoms with E-state index < -0.39 is 9.84 Å². The Morgan fingerprint density at radius 1 is 1.00 bits per heavy atom. The smallest absolute Gasteiger partial charge is 0.222 e. The molecule has 0 aliphatic carbocycles. The van der Waals surface area contributed by atoms with Crippen molar-refractivity contribution in [3.8, 4) is 0 Å². The molecule has 2 heterocycles. The maximum Gasteiger partial charge on any atom is 0.222 e. The predicted molar refractivity (Wildman–Crippen MR) is 116 cm³/mol. The van der Waals surface area contributed by atoms with Gasteiger partial charge >= 0.3 is 0 Å². The Morgan fingerprint density at radius 3 is 2.27 bits per heavy atom. The van der Waals surface area contributed by atoms with Gasteiger partial charge in [0.25, 0.3) is 0 Å². The van der Waals surface area contributed by atoms with E-state index in [-0.39, 0.29) is 27.0 Å². The second-order valence-corrected chi connectivity index (χ2v) is 8.95. The standard InChI is InChI=1S/C22H22N4O3S/c1-3-4-14-26-21-19(24-17-12-8-9-13-18(17)25-21)20(22(26)23-15(2)27)30(28,29)16-10-6-5-7-11-16/h5-13H,3-4,14H2,1-2H3,(H,23,27). The van der Waals surface area contributed by atoms with Crippen LogP contribution in [-0.2, 0) is 21.2 Å². The van der Waals surface area contributed by atoms with Gasteiger partial charge in [-0.05, 0) is 30.7 Å². The lowest BCUT2D eigenvalue weighted by molar-refractivity contribution is -0.114. The van der Waals surface area contributed by atoms with Crippen LogP contribution in [0.25, 0.3) is 22.2 Å². The fraction of sp³-hybridized carbons (Fsp3) is 0.227. The molecule has 154 valence electrons. The molecular formula is C22H22N4O3S. The van der Waals surface area contributed by atoms with E-state index in [0.717, 1.165) is 12.8 Å². The highest BCUT2D eigenvalue weighted by molar-refractivity contribution is 7.92. The van der Waals surface area contributed by atoms with Crippen molar-refractivity contribution in [1.82, 2.24) is 14.5 Å². The van der Waals surface area contributed by atoms with E-state index in [0.29, 0.717) is 23.2 Å². The fourth-order valence-corrected chi connectivity index (χ4v) is 5.03. The number of aryl methyl sites for hydroxylation is 1. The third-order valence-corrected chi connectivity index (χ3v) is 6.68. The summed E-state index contributed by atoms with van der Waals surface area (Å²) in [6.07, 6.45) is 1.71. The lowest BCUT2D eigenvalue weighted by Crippen LogP contribution is -2.15. The minimum Gasteiger partial charge on any atom is -0.311 e. The first-order valence-electron chi connectivity index (χ1n) is 9.80. The molecule has 0 aliphatic heterocycles. The number of fused-ring (bicyclic) bond motifs is 2. The Kier molecular flexibility index (Phi) is 5.26. The van der Waals surface area contributed by atoms with E-state index in [1.165, 1.54) is 19.1 Å². The molecule has 8 heteroatoms. The van der Waals surface area contributed by atoms with Gasteiger partial charge in [0, 0.05) is 13.5 Å². The minimum atomic E-state index is -3.95. The third kappa shape index (κ3) is 3.43. The van der Waals surface area contributed by atoms with Crippen LogP contribution in [0.5, 0.6) is 0 Å². The van der Waals surface area contributed by atoms with Crippen LogP contribution in [0.2, 0.25) is 0 Å². The van der Waals surface area contributed by atoms with E-state index in [2.05, 4.69) is 10.3 Å². The Balaban J connectivity index is 2.13. The molecule has 1 N–H and O–H groups in total. The molecule has 0 bridgehead atoms. The monoisotopic (exact) mass is 422 g/mol. The van der Waals surface area contributed by atoms with E-state index in [1.807, 2.05) is 25.1 Å². The lowest BCUT2D eigenvalue weighted by Gasteiger charge is -2.12. The van der Waals surface area contributed by atoms with Crippen molar-refractivity contribution in [2.75, 3.05) is 5.32 Å². The molecule has 4 aromatic rings. The molecule has 7 nitrogen and oxygen atoms in total. The van der Waals surface area contributed by atoms with Gasteiger partial charge in [0.15, 0.2) is 5.65 Å². The van der Waals surface area contributed by atoms with Gasteiger partial charge in [-0.15, -0.1) is 0 Å². The van der Waals surface area contributed by atoms with Crippen molar-refractivity contribution in [3.05, 3.63) is 54.6 Å². The van der Waals surface area contributed by atoms with Crippen molar-refractivity contribution in [1.29, 1.82) is 0 Å². The molecule has 2 aromatic heterocycles. The highest BCUT2D eigenvalue weighted by Crippen LogP contribution is 2.37. The number of benzene rings is 2. The van der Waals surface area contributed by atoms with Gasteiger partial charge in [0.1, 0.15) is 16.2 Å². The molecule has 2 aromatic carbocycles. The zero-order chi connectivity index (χ0) is 21.3. The van der Waals surface area contributed by atoms with Gasteiger partial charge in [-0.2, -0.15) is 0 Å². The first kappa shape index (κ1) is 20.0. The molecule has 0 saturated carbocycles. The molecule has 0 radical (unpaired) electrons. The third-order valence-electron chi connectivity index (χ3n) is 4.86. The molecule has 0 fully saturated rings. The van der Waals surface area contributed by atoms with Crippen LogP contribution in [0.15, 0.2) is 64.4 Å². The Hall–Kier alpha value is -3.26. The van der Waals surface area contributed by atoms with Crippen molar-refractivity contribution in [2.45, 2.75) is 43.0 Å². The molecule has 30 heavy (non-hydrogen) atoms. The summed E-state index contributed by atoms with van der Waals surface area (Å²) in [5.74, 6) is -0.144. The molecule has 0 aliphatic rings. The topological polar surface area (TPSA) is 94.0 Å². The van der Waals surface area contributed by atoms with Crippen LogP contribution in [-0.4, -0.2) is 28.9 Å². The number of rotatable bonds is 6. The molecule has 0 atom stereocenters. The van der Waals surface area contributed by atoms with E-state index in [9.17, 15) is 13.2 Å². The summed E-state index contributed by atoms with van der Waals surface area (Å²) < 4.78 is 29.0. The summed E-state index contributed by atoms with van der Waals surface area (Å²) in [7, 11) is -3.95. The molecular weight excluding hydrogens is 400 g/mol. The summed E-state index contributed by atoms with van der Waals surface area (Å²) in [5, 5.41) is 2.74. The van der Waals surface area contributed by atoms with Gasteiger partial charge in [-0.1, -0.05) is 43.7 Å². The zero-order valence-electron chi connectivity index (χ0n) is 16.8. The number of sulfone groups is 1. The maximum atomic E-state index is 13.6. The van der Waals surface area contributed by atoms with Crippen molar-refractivity contribution in [2.24, 2.45) is 0 Å². The number of aromatic nitrogens is 3. The number of hydrogen-bond acceptors (Lipinski definition) is 5. The number of carbonyl (C=O) groups is 1. The number of nitrogens with one attached hydrogen (secondary N) is 1. The molecule has 1 amide bonds. The van der Waals surface area contributed by atoms with Crippen molar-refractivity contribution in [3.63, 3.8) is 0 Å². The highest BCUT2D eigenvalue weighted by Gasteiger charge is 2.31. The largest absolute Gasteiger partial charge is 0.311 e. The van der Waals surface area contributed by atoms with Crippen LogP contribution in [0.1, 0.15) is 26.7 Å². The number of nitrogens with zero attached hydrogens (tertiary/aromatic N) is 3. The average Bonchev–Trinajstić information content (AvgIpc) is 3.03. The van der Waals surface area contributed by atoms with Gasteiger partial charge in [0.2, 0.25) is 15.7 Å². The van der Waals surface area contributed by atoms with E-state index >= 15 is 0 Å². The quantitative estimate of drug-likeness (QED) is 0.503. The number of anilines is 1. The lowest BCUT2D eigenvalue weighted by atomic mass is 10.3. The van der Waals surface area contributed by atoms with Gasteiger partial charge < -0.3 is 9.88 Å². The summed E-state index contributed by atoms with van der Waals surface area (Å²) in [6, 6.07) is 15.5. The molecule has 0 spiro atoms. The van der Waals surface area contributed by atoms with Crippen LogP contribution in [0, 0.1) is 0 Å². The number of carbonyl (C=O) groups excluding carboxylic acids is 1. The Labute approximate surface area is 174 Å². The number of hydrogen-bond donors (Lipinski definition) is 1. The number of amides is 1. The summed E-state index contributed by atoms with van der Waals surface area (Å²) in [5.41, 5.74) is 1.97. The number of unbranched alkanes of at least 4 members (excludes halogenated alkanes) is 1. The maximum absolute atomic E-state index is 13.6. The molecule has 0 unspecified atom stereocenters. The van der Waals surface area contributed by atoms with Gasteiger partial charge in [-0.3, -0.25) is 4.79 Å². The van der Waals surface area contributed by atoms with Crippen LogP contribution in [0.4, 0.5) is 5.82 Å². The zero-order valence-corrected chi connectivity index (χ0v) is 17.6.